The van der Waals surface area contributed by atoms with E-state index in [1.807, 2.05) is 44.2 Å². The van der Waals surface area contributed by atoms with Crippen molar-refractivity contribution in [1.29, 1.82) is 0 Å². The number of imide groups is 1. The summed E-state index contributed by atoms with van der Waals surface area (Å²) in [5.74, 6) is 0.0527. The van der Waals surface area contributed by atoms with E-state index in [9.17, 15) is 14.4 Å². The average Bonchev–Trinajstić information content (AvgIpc) is 3.13. The second-order valence-electron chi connectivity index (χ2n) is 8.20. The van der Waals surface area contributed by atoms with Gasteiger partial charge in [0.25, 0.3) is 11.1 Å². The summed E-state index contributed by atoms with van der Waals surface area (Å²) in [6, 6.07) is 19.9. The van der Waals surface area contributed by atoms with Crippen LogP contribution in [0.3, 0.4) is 0 Å². The highest BCUT2D eigenvalue weighted by Crippen LogP contribution is 2.35. The molecule has 7 nitrogen and oxygen atoms in total. The molecule has 1 fully saturated rings. The van der Waals surface area contributed by atoms with Crippen LogP contribution in [0.4, 0.5) is 10.5 Å². The first-order valence-electron chi connectivity index (χ1n) is 11.6. The zero-order chi connectivity index (χ0) is 26.4. The fraction of sp³-hybridized carbons (Fsp3) is 0.179. The quantitative estimate of drug-likeness (QED) is 0.323. The Labute approximate surface area is 224 Å². The number of benzene rings is 3. The third-order valence-corrected chi connectivity index (χ3v) is 6.69. The molecule has 4 rings (SSSR count). The number of aryl methyl sites for hydroxylation is 1. The fourth-order valence-corrected chi connectivity index (χ4v) is 4.57. The van der Waals surface area contributed by atoms with Gasteiger partial charge in [0, 0.05) is 16.3 Å². The van der Waals surface area contributed by atoms with Gasteiger partial charge in [-0.2, -0.15) is 0 Å². The van der Waals surface area contributed by atoms with Gasteiger partial charge in [-0.25, -0.2) is 0 Å². The van der Waals surface area contributed by atoms with Gasteiger partial charge in [0.2, 0.25) is 5.91 Å². The summed E-state index contributed by atoms with van der Waals surface area (Å²) in [7, 11) is 0. The largest absolute Gasteiger partial charge is 0.490 e. The molecule has 1 N–H and O–H groups in total. The molecule has 0 saturated carbocycles. The lowest BCUT2D eigenvalue weighted by Crippen LogP contribution is -2.36. The molecule has 0 unspecified atom stereocenters. The lowest BCUT2D eigenvalue weighted by atomic mass is 10.1. The molecule has 3 aromatic rings. The van der Waals surface area contributed by atoms with E-state index in [0.717, 1.165) is 27.8 Å². The van der Waals surface area contributed by atoms with Crippen LogP contribution in [0.2, 0.25) is 5.02 Å². The van der Waals surface area contributed by atoms with Crippen molar-refractivity contribution in [3.8, 4) is 11.5 Å². The molecule has 1 saturated heterocycles. The minimum Gasteiger partial charge on any atom is -0.490 e. The average molecular weight is 537 g/mol. The molecule has 0 spiro atoms. The Hall–Kier alpha value is -3.75. The SMILES string of the molecule is CCOc1cc(/C=C2/SC(=O)N(CC(=O)Nc3ccc(C)cc3)C2=O)ccc1OCc1ccccc1Cl. The van der Waals surface area contributed by atoms with Crippen LogP contribution in [0.1, 0.15) is 23.6 Å². The van der Waals surface area contributed by atoms with E-state index < -0.39 is 17.1 Å². The molecule has 1 heterocycles. The second kappa shape index (κ2) is 12.0. The number of rotatable bonds is 9. The Balaban J connectivity index is 1.45. The standard InChI is InChI=1S/C28H25ClN2O5S/c1-3-35-24-14-19(10-13-23(24)36-17-20-6-4-5-7-22(20)29)15-25-27(33)31(28(34)37-25)16-26(32)30-21-11-8-18(2)9-12-21/h4-15H,3,16-17H2,1-2H3,(H,30,32)/b25-15+. The summed E-state index contributed by atoms with van der Waals surface area (Å²) in [5, 5.41) is 2.82. The minimum atomic E-state index is -0.522. The van der Waals surface area contributed by atoms with Crippen molar-refractivity contribution in [1.82, 2.24) is 4.90 Å². The number of hydrogen-bond donors (Lipinski definition) is 1. The number of ether oxygens (including phenoxy) is 2. The third kappa shape index (κ3) is 6.72. The van der Waals surface area contributed by atoms with Gasteiger partial charge in [0.05, 0.1) is 11.5 Å². The summed E-state index contributed by atoms with van der Waals surface area (Å²) in [5.41, 5.74) is 3.15. The van der Waals surface area contributed by atoms with Crippen LogP contribution < -0.4 is 14.8 Å². The van der Waals surface area contributed by atoms with Gasteiger partial charge in [-0.15, -0.1) is 0 Å². The molecule has 3 aromatic carbocycles. The first-order valence-corrected chi connectivity index (χ1v) is 12.8. The molecule has 0 bridgehead atoms. The van der Waals surface area contributed by atoms with Gasteiger partial charge in [0.15, 0.2) is 11.5 Å². The summed E-state index contributed by atoms with van der Waals surface area (Å²) in [4.78, 5) is 39.0. The summed E-state index contributed by atoms with van der Waals surface area (Å²) >= 11 is 7.01. The number of hydrogen-bond acceptors (Lipinski definition) is 6. The lowest BCUT2D eigenvalue weighted by Gasteiger charge is -2.13. The summed E-state index contributed by atoms with van der Waals surface area (Å²) in [6.45, 7) is 4.12. The Bertz CT molecular complexity index is 1360. The van der Waals surface area contributed by atoms with Crippen molar-refractivity contribution in [2.75, 3.05) is 18.5 Å². The maximum absolute atomic E-state index is 12.9. The molecule has 1 aliphatic heterocycles. The highest BCUT2D eigenvalue weighted by Gasteiger charge is 2.36. The van der Waals surface area contributed by atoms with E-state index in [1.54, 1.807) is 42.5 Å². The van der Waals surface area contributed by atoms with Crippen molar-refractivity contribution < 1.29 is 23.9 Å². The first-order chi connectivity index (χ1) is 17.8. The number of halogens is 1. The molecule has 0 aromatic heterocycles. The number of thioether (sulfide) groups is 1. The van der Waals surface area contributed by atoms with E-state index in [-0.39, 0.29) is 18.1 Å². The van der Waals surface area contributed by atoms with Gasteiger partial charge in [-0.05, 0) is 67.6 Å². The van der Waals surface area contributed by atoms with E-state index >= 15 is 0 Å². The predicted molar refractivity (Wildman–Crippen MR) is 146 cm³/mol. The molecular formula is C28H25ClN2O5S. The predicted octanol–water partition coefficient (Wildman–Crippen LogP) is 6.30. The molecule has 37 heavy (non-hydrogen) atoms. The monoisotopic (exact) mass is 536 g/mol. The normalized spacial score (nSPS) is 14.2. The Morgan fingerprint density at radius 3 is 2.51 bits per heavy atom. The van der Waals surface area contributed by atoms with Crippen molar-refractivity contribution in [3.63, 3.8) is 0 Å². The minimum absolute atomic E-state index is 0.223. The third-order valence-electron chi connectivity index (χ3n) is 5.42. The van der Waals surface area contributed by atoms with E-state index in [1.165, 1.54) is 0 Å². The highest BCUT2D eigenvalue weighted by molar-refractivity contribution is 8.18. The van der Waals surface area contributed by atoms with Gasteiger partial charge in [0.1, 0.15) is 13.2 Å². The van der Waals surface area contributed by atoms with Crippen LogP contribution in [0.25, 0.3) is 6.08 Å². The van der Waals surface area contributed by atoms with Crippen LogP contribution in [0.5, 0.6) is 11.5 Å². The Morgan fingerprint density at radius 2 is 1.78 bits per heavy atom. The van der Waals surface area contributed by atoms with Crippen molar-refractivity contribution in [2.24, 2.45) is 0 Å². The maximum atomic E-state index is 12.9. The topological polar surface area (TPSA) is 84.9 Å². The summed E-state index contributed by atoms with van der Waals surface area (Å²) < 4.78 is 11.7. The summed E-state index contributed by atoms with van der Waals surface area (Å²) in [6.07, 6.45) is 1.60. The number of carbonyl (C=O) groups excluding carboxylic acids is 3. The lowest BCUT2D eigenvalue weighted by molar-refractivity contribution is -0.127. The molecule has 0 radical (unpaired) electrons. The zero-order valence-electron chi connectivity index (χ0n) is 20.3. The van der Waals surface area contributed by atoms with E-state index in [0.29, 0.717) is 34.4 Å². The van der Waals surface area contributed by atoms with Gasteiger partial charge >= 0.3 is 0 Å². The number of nitrogens with zero attached hydrogens (tertiary/aromatic N) is 1. The van der Waals surface area contributed by atoms with Crippen LogP contribution in [-0.4, -0.2) is 35.1 Å². The number of anilines is 1. The zero-order valence-corrected chi connectivity index (χ0v) is 21.9. The highest BCUT2D eigenvalue weighted by atomic mass is 35.5. The number of amides is 3. The molecule has 190 valence electrons. The van der Waals surface area contributed by atoms with Crippen LogP contribution in [-0.2, 0) is 16.2 Å². The van der Waals surface area contributed by atoms with E-state index in [4.69, 9.17) is 21.1 Å². The Kier molecular flexibility index (Phi) is 8.53. The van der Waals surface area contributed by atoms with Gasteiger partial charge in [-0.3, -0.25) is 19.3 Å². The van der Waals surface area contributed by atoms with Crippen LogP contribution in [0.15, 0.2) is 71.6 Å². The second-order valence-corrected chi connectivity index (χ2v) is 9.60. The maximum Gasteiger partial charge on any atom is 0.294 e. The fourth-order valence-electron chi connectivity index (χ4n) is 3.54. The first kappa shape index (κ1) is 26.3. The Morgan fingerprint density at radius 1 is 1.03 bits per heavy atom. The van der Waals surface area contributed by atoms with Gasteiger partial charge in [-0.1, -0.05) is 53.6 Å². The van der Waals surface area contributed by atoms with E-state index in [2.05, 4.69) is 5.32 Å². The van der Waals surface area contributed by atoms with Crippen LogP contribution in [0, 0.1) is 6.92 Å². The van der Waals surface area contributed by atoms with Crippen molar-refractivity contribution in [3.05, 3.63) is 93.3 Å². The number of carbonyl (C=O) groups is 3. The molecule has 3 amide bonds. The smallest absolute Gasteiger partial charge is 0.294 e. The molecular weight excluding hydrogens is 512 g/mol. The molecule has 1 aliphatic rings. The van der Waals surface area contributed by atoms with Crippen molar-refractivity contribution in [2.45, 2.75) is 20.5 Å². The molecule has 0 atom stereocenters. The molecule has 0 aliphatic carbocycles. The number of nitrogens with one attached hydrogen (secondary N) is 1. The van der Waals surface area contributed by atoms with Crippen molar-refractivity contribution >= 4 is 52.2 Å². The van der Waals surface area contributed by atoms with Crippen LogP contribution >= 0.6 is 23.4 Å². The van der Waals surface area contributed by atoms with Gasteiger partial charge < -0.3 is 14.8 Å². The molecule has 9 heteroatoms.